The average Bonchev–Trinajstić information content (AvgIpc) is 3.71. The summed E-state index contributed by atoms with van der Waals surface area (Å²) in [6.45, 7) is 2.73. The third kappa shape index (κ3) is 5.21. The number of nitrogen functional groups attached to an aromatic ring is 1. The van der Waals surface area contributed by atoms with Gasteiger partial charge in [0.15, 0.2) is 11.6 Å². The van der Waals surface area contributed by atoms with Gasteiger partial charge in [-0.25, -0.2) is 0 Å². The third-order valence-electron chi connectivity index (χ3n) is 7.28. The number of allylic oxidation sites excluding steroid dienone is 6. The number of ether oxygens (including phenoxy) is 2. The maximum absolute atomic E-state index is 6.03. The largest absolute Gasteiger partial charge is 0.487 e. The predicted octanol–water partition coefficient (Wildman–Crippen LogP) is 6.97. The van der Waals surface area contributed by atoms with Crippen molar-refractivity contribution >= 4 is 22.8 Å². The molecule has 0 spiro atoms. The second-order valence-electron chi connectivity index (χ2n) is 9.90. The summed E-state index contributed by atoms with van der Waals surface area (Å²) >= 11 is 0. The van der Waals surface area contributed by atoms with Crippen LogP contribution < -0.4 is 25.4 Å². The molecule has 1 aromatic heterocycles. The molecule has 0 unspecified atom stereocenters. The number of aromatic nitrogens is 1. The Labute approximate surface area is 224 Å². The predicted molar refractivity (Wildman–Crippen MR) is 155 cm³/mol. The van der Waals surface area contributed by atoms with Crippen molar-refractivity contribution in [2.24, 2.45) is 0 Å². The first-order valence-corrected chi connectivity index (χ1v) is 13.5. The van der Waals surface area contributed by atoms with Crippen LogP contribution in [-0.2, 0) is 0 Å². The Bertz CT molecular complexity index is 1400. The molecule has 0 amide bonds. The van der Waals surface area contributed by atoms with Crippen LogP contribution in [0.15, 0.2) is 108 Å². The average molecular weight is 507 g/mol. The van der Waals surface area contributed by atoms with Crippen molar-refractivity contribution in [3.63, 3.8) is 0 Å². The van der Waals surface area contributed by atoms with Crippen LogP contribution in [0.25, 0.3) is 5.70 Å². The zero-order valence-electron chi connectivity index (χ0n) is 21.6. The molecule has 1 aliphatic carbocycles. The Hall–Kier alpha value is -4.32. The smallest absolute Gasteiger partial charge is 0.198 e. The number of fused-ring (bicyclic) bond motifs is 1. The summed E-state index contributed by atoms with van der Waals surface area (Å²) in [7, 11) is 0. The topological polar surface area (TPSA) is 64.7 Å². The number of benzene rings is 2. The number of hydrogen-bond acceptors (Lipinski definition) is 5. The number of anilines is 3. The quantitative estimate of drug-likeness (QED) is 0.339. The Morgan fingerprint density at radius 3 is 2.66 bits per heavy atom. The van der Waals surface area contributed by atoms with Gasteiger partial charge < -0.3 is 30.0 Å². The molecule has 3 aliphatic rings. The lowest BCUT2D eigenvalue weighted by molar-refractivity contribution is 0.364. The maximum atomic E-state index is 6.03. The molecule has 194 valence electrons. The highest BCUT2D eigenvalue weighted by Crippen LogP contribution is 2.37. The van der Waals surface area contributed by atoms with Crippen LogP contribution in [0.1, 0.15) is 32.1 Å². The summed E-state index contributed by atoms with van der Waals surface area (Å²) in [6.07, 6.45) is 18.7. The van der Waals surface area contributed by atoms with E-state index in [9.17, 15) is 0 Å². The minimum Gasteiger partial charge on any atom is -0.487 e. The molecule has 0 saturated carbocycles. The van der Waals surface area contributed by atoms with Gasteiger partial charge in [-0.15, -0.1) is 0 Å². The summed E-state index contributed by atoms with van der Waals surface area (Å²) in [4.78, 5) is 2.48. The fourth-order valence-corrected chi connectivity index (χ4v) is 5.38. The molecule has 2 aromatic carbocycles. The van der Waals surface area contributed by atoms with Gasteiger partial charge in [0, 0.05) is 25.5 Å². The van der Waals surface area contributed by atoms with Gasteiger partial charge in [-0.3, -0.25) is 0 Å². The molecule has 0 atom stereocenters. The fourth-order valence-electron chi connectivity index (χ4n) is 5.38. The van der Waals surface area contributed by atoms with E-state index >= 15 is 0 Å². The summed E-state index contributed by atoms with van der Waals surface area (Å²) < 4.78 is 14.2. The minimum absolute atomic E-state index is 0.467. The number of rotatable bonds is 7. The third-order valence-corrected chi connectivity index (χ3v) is 7.28. The van der Waals surface area contributed by atoms with Crippen LogP contribution in [0.5, 0.6) is 11.5 Å². The highest BCUT2D eigenvalue weighted by atomic mass is 16.5. The Morgan fingerprint density at radius 1 is 0.947 bits per heavy atom. The minimum atomic E-state index is 0.467. The second-order valence-corrected chi connectivity index (χ2v) is 9.90. The molecule has 0 bridgehead atoms. The van der Waals surface area contributed by atoms with E-state index in [0.29, 0.717) is 18.0 Å². The summed E-state index contributed by atoms with van der Waals surface area (Å²) in [5, 5.41) is 3.37. The van der Waals surface area contributed by atoms with Gasteiger partial charge in [0.25, 0.3) is 0 Å². The van der Waals surface area contributed by atoms with E-state index in [1.54, 1.807) is 0 Å². The Balaban J connectivity index is 1.28. The summed E-state index contributed by atoms with van der Waals surface area (Å²) in [5.41, 5.74) is 12.8. The van der Waals surface area contributed by atoms with Crippen molar-refractivity contribution in [2.75, 3.05) is 35.6 Å². The molecule has 6 nitrogen and oxygen atoms in total. The molecular formula is C32H34N4O2. The number of hydrogen-bond donors (Lipinski definition) is 2. The van der Waals surface area contributed by atoms with Crippen LogP contribution in [0, 0.1) is 0 Å². The number of para-hydroxylation sites is 4. The van der Waals surface area contributed by atoms with Crippen LogP contribution in [0.2, 0.25) is 0 Å². The molecule has 38 heavy (non-hydrogen) atoms. The van der Waals surface area contributed by atoms with E-state index in [4.69, 9.17) is 15.2 Å². The number of nitrogens with one attached hydrogen (secondary N) is 1. The maximum Gasteiger partial charge on any atom is 0.198 e. The molecule has 0 radical (unpaired) electrons. The van der Waals surface area contributed by atoms with Crippen LogP contribution in [0.3, 0.4) is 0 Å². The van der Waals surface area contributed by atoms with Crippen LogP contribution >= 0.6 is 0 Å². The number of nitrogens with two attached hydrogens (primary N) is 1. The molecule has 3 heterocycles. The monoisotopic (exact) mass is 506 g/mol. The van der Waals surface area contributed by atoms with Crippen LogP contribution in [0.4, 0.5) is 17.1 Å². The van der Waals surface area contributed by atoms with Crippen LogP contribution in [-0.4, -0.2) is 24.3 Å². The zero-order valence-corrected chi connectivity index (χ0v) is 21.6. The Morgan fingerprint density at radius 2 is 1.79 bits per heavy atom. The normalized spacial score (nSPS) is 19.3. The van der Waals surface area contributed by atoms with Crippen molar-refractivity contribution in [1.29, 1.82) is 0 Å². The molecule has 2 aliphatic heterocycles. The second kappa shape index (κ2) is 11.0. The molecule has 6 heteroatoms. The van der Waals surface area contributed by atoms with Crippen molar-refractivity contribution < 1.29 is 9.47 Å². The van der Waals surface area contributed by atoms with Crippen molar-refractivity contribution in [2.45, 2.75) is 32.1 Å². The van der Waals surface area contributed by atoms with Crippen molar-refractivity contribution in [3.05, 3.63) is 108 Å². The fraction of sp³-hybridized carbons (Fsp3) is 0.250. The lowest BCUT2D eigenvalue weighted by atomic mass is 9.90. The highest BCUT2D eigenvalue weighted by molar-refractivity contribution is 5.73. The summed E-state index contributed by atoms with van der Waals surface area (Å²) in [5.74, 6) is 2.33. The first-order chi connectivity index (χ1) is 18.7. The zero-order chi connectivity index (χ0) is 25.7. The molecule has 6 rings (SSSR count). The summed E-state index contributed by atoms with van der Waals surface area (Å²) in [6, 6.07) is 17.9. The van der Waals surface area contributed by atoms with Crippen molar-refractivity contribution in [3.8, 4) is 11.5 Å². The van der Waals surface area contributed by atoms with Gasteiger partial charge in [0.2, 0.25) is 0 Å². The van der Waals surface area contributed by atoms with Gasteiger partial charge in [-0.05, 0) is 85.7 Å². The molecule has 3 N–H and O–H groups in total. The van der Waals surface area contributed by atoms with E-state index in [-0.39, 0.29) is 0 Å². The lowest BCUT2D eigenvalue weighted by Gasteiger charge is -2.23. The standard InChI is InChI=1S/C32H34N4O2/c33-27-12-1-3-14-29(27)37-22-8-11-24-9-7-10-25(16-17-31-34-28-13-2-4-15-30(28)38-31)32(24)36-21-18-26(23-36)35-19-5-6-20-35/h1-4,8,11-18,21,23,34H,5-7,9-10,19-20,22,33H2/b11-8+,25-16+,31-17-. The molecule has 1 fully saturated rings. The SMILES string of the molecule is Nc1ccccc1OC/C=C/C1=C(n2ccc(N3CCCC3)c2)C(=C/C=C2/Nc3ccccc3O2)/CCC1. The van der Waals surface area contributed by atoms with Gasteiger partial charge in [0.05, 0.1) is 22.8 Å². The van der Waals surface area contributed by atoms with E-state index in [2.05, 4.69) is 51.5 Å². The lowest BCUT2D eigenvalue weighted by Crippen LogP contribution is -2.16. The highest BCUT2D eigenvalue weighted by Gasteiger charge is 2.20. The molecular weight excluding hydrogens is 472 g/mol. The van der Waals surface area contributed by atoms with E-state index in [1.807, 2.05) is 54.6 Å². The van der Waals surface area contributed by atoms with Gasteiger partial charge >= 0.3 is 0 Å². The number of nitrogens with zero attached hydrogens (tertiary/aromatic N) is 2. The first-order valence-electron chi connectivity index (χ1n) is 13.5. The Kier molecular flexibility index (Phi) is 6.94. The van der Waals surface area contributed by atoms with E-state index in [0.717, 1.165) is 49.7 Å². The first kappa shape index (κ1) is 24.0. The van der Waals surface area contributed by atoms with E-state index in [1.165, 1.54) is 35.4 Å². The van der Waals surface area contributed by atoms with Gasteiger partial charge in [-0.2, -0.15) is 0 Å². The van der Waals surface area contributed by atoms with Crippen molar-refractivity contribution in [1.82, 2.24) is 4.57 Å². The van der Waals surface area contributed by atoms with Gasteiger partial charge in [0.1, 0.15) is 12.4 Å². The molecule has 3 aromatic rings. The molecule has 1 saturated heterocycles. The van der Waals surface area contributed by atoms with Gasteiger partial charge in [-0.1, -0.05) is 36.4 Å². The van der Waals surface area contributed by atoms with E-state index < -0.39 is 0 Å².